The Kier molecular flexibility index (Phi) is 15.3. The Hall–Kier alpha value is -5.52. The van der Waals surface area contributed by atoms with Crippen molar-refractivity contribution in [2.75, 3.05) is 26.7 Å². The summed E-state index contributed by atoms with van der Waals surface area (Å²) in [4.78, 5) is 62.2. The molecule has 0 spiro atoms. The average molecular weight is 769 g/mol. The van der Waals surface area contributed by atoms with Gasteiger partial charge in [0, 0.05) is 31.9 Å². The van der Waals surface area contributed by atoms with Crippen LogP contribution in [-0.2, 0) is 33.8 Å². The number of benzene rings is 2. The number of ether oxygens (including phenoxy) is 1. The van der Waals surface area contributed by atoms with Gasteiger partial charge in [0.1, 0.15) is 12.1 Å². The zero-order valence-corrected chi connectivity index (χ0v) is 33.5. The van der Waals surface area contributed by atoms with Gasteiger partial charge in [-0.05, 0) is 60.1 Å². The third-order valence-electron chi connectivity index (χ3n) is 10.0. The molecule has 4 N–H and O–H groups in total. The van der Waals surface area contributed by atoms with Gasteiger partial charge in [-0.25, -0.2) is 14.6 Å². The number of carbonyl (C=O) groups excluding carboxylic acids is 4. The number of alkyl carbamates (subject to hydrolysis) is 1. The molecule has 1 fully saturated rings. The van der Waals surface area contributed by atoms with Crippen LogP contribution in [0.1, 0.15) is 69.1 Å². The summed E-state index contributed by atoms with van der Waals surface area (Å²) < 4.78 is 4.78. The van der Waals surface area contributed by atoms with E-state index in [9.17, 15) is 29.5 Å². The highest BCUT2D eigenvalue weighted by Crippen LogP contribution is 2.24. The zero-order chi connectivity index (χ0) is 41.0. The van der Waals surface area contributed by atoms with E-state index in [1.807, 2.05) is 69.3 Å². The van der Waals surface area contributed by atoms with Gasteiger partial charge in [0.05, 0.1) is 43.1 Å². The molecule has 2 aromatic carbocycles. The first kappa shape index (κ1) is 43.2. The number of aliphatic hydroxyl groups excluding tert-OH is 1. The lowest BCUT2D eigenvalue weighted by Gasteiger charge is -2.36. The highest BCUT2D eigenvalue weighted by Gasteiger charge is 2.41. The number of nitriles is 1. The first-order chi connectivity index (χ1) is 26.6. The predicted molar refractivity (Wildman–Crippen MR) is 211 cm³/mol. The van der Waals surface area contributed by atoms with Crippen molar-refractivity contribution in [3.63, 3.8) is 0 Å². The molecule has 0 bridgehead atoms. The summed E-state index contributed by atoms with van der Waals surface area (Å²) in [7, 11) is 1.21. The molecule has 3 aromatic rings. The molecule has 0 radical (unpaired) electrons. The molecule has 1 aromatic heterocycles. The van der Waals surface area contributed by atoms with Crippen LogP contribution in [0.3, 0.4) is 0 Å². The summed E-state index contributed by atoms with van der Waals surface area (Å²) >= 11 is 0. The fourth-order valence-corrected chi connectivity index (χ4v) is 6.72. The standard InChI is InChI=1S/C42H56N8O6/c1-8-28(2)36(50-22-21-48(41(50)55)26-33-16-12-13-29(3)44-33)38(52)45-34(23-30-14-10-9-11-15-30)35(51)27-49(25-32-19-17-31(24-43)18-20-32)47-39(53)37(42(4,5)6)46-40(54)56-7/h9-20,28,34-37,51H,8,21-23,25-27H2,1-7H3,(H,45,52)(H,46,54)(H,47,53). The lowest BCUT2D eigenvalue weighted by molar-refractivity contribution is -0.132. The van der Waals surface area contributed by atoms with E-state index in [-0.39, 0.29) is 37.4 Å². The number of urea groups is 1. The minimum Gasteiger partial charge on any atom is -0.453 e. The number of methoxy groups -OCH3 is 1. The topological polar surface area (TPSA) is 180 Å². The summed E-state index contributed by atoms with van der Waals surface area (Å²) in [5.74, 6) is -1.13. The smallest absolute Gasteiger partial charge is 0.407 e. The Morgan fingerprint density at radius 1 is 0.982 bits per heavy atom. The molecule has 1 aliphatic heterocycles. The lowest BCUT2D eigenvalue weighted by atomic mass is 9.86. The van der Waals surface area contributed by atoms with E-state index in [4.69, 9.17) is 4.74 Å². The number of carbonyl (C=O) groups is 4. The second-order valence-electron chi connectivity index (χ2n) is 15.5. The first-order valence-electron chi connectivity index (χ1n) is 19.0. The average Bonchev–Trinajstić information content (AvgIpc) is 3.51. The van der Waals surface area contributed by atoms with Crippen molar-refractivity contribution in [3.05, 3.63) is 101 Å². The highest BCUT2D eigenvalue weighted by molar-refractivity contribution is 5.88. The van der Waals surface area contributed by atoms with Gasteiger partial charge in [-0.2, -0.15) is 5.26 Å². The molecule has 1 saturated heterocycles. The third-order valence-corrected chi connectivity index (χ3v) is 10.0. The number of aromatic nitrogens is 1. The van der Waals surface area contributed by atoms with Crippen LogP contribution in [0.5, 0.6) is 0 Å². The molecule has 1 aliphatic rings. The van der Waals surface area contributed by atoms with Gasteiger partial charge in [0.15, 0.2) is 0 Å². The Balaban J connectivity index is 1.61. The molecule has 5 amide bonds. The SMILES string of the molecule is CCC(C)C(C(=O)NC(Cc1ccccc1)C(O)CN(Cc1ccc(C#N)cc1)NC(=O)C(NC(=O)OC)C(C)(C)C)N1CCN(Cc2cccc(C)n2)C1=O. The normalized spacial score (nSPS) is 15.7. The summed E-state index contributed by atoms with van der Waals surface area (Å²) in [5, 5.41) is 28.6. The van der Waals surface area contributed by atoms with Gasteiger partial charge < -0.3 is 30.3 Å². The van der Waals surface area contributed by atoms with Crippen molar-refractivity contribution in [1.82, 2.24) is 35.9 Å². The van der Waals surface area contributed by atoms with Gasteiger partial charge in [0.25, 0.3) is 5.91 Å². The van der Waals surface area contributed by atoms with Crippen molar-refractivity contribution in [1.29, 1.82) is 5.26 Å². The second-order valence-corrected chi connectivity index (χ2v) is 15.5. The van der Waals surface area contributed by atoms with Crippen LogP contribution >= 0.6 is 0 Å². The zero-order valence-electron chi connectivity index (χ0n) is 33.5. The van der Waals surface area contributed by atoms with Crippen molar-refractivity contribution in [2.24, 2.45) is 11.3 Å². The Bertz CT molecular complexity index is 1830. The second kappa shape index (κ2) is 19.9. The van der Waals surface area contributed by atoms with Gasteiger partial charge in [-0.1, -0.05) is 89.6 Å². The van der Waals surface area contributed by atoms with Crippen LogP contribution in [-0.4, -0.2) is 99.8 Å². The number of pyridine rings is 1. The Morgan fingerprint density at radius 2 is 1.68 bits per heavy atom. The summed E-state index contributed by atoms with van der Waals surface area (Å²) in [6, 6.07) is 21.1. The van der Waals surface area contributed by atoms with Crippen LogP contribution in [0, 0.1) is 29.6 Å². The number of nitrogens with one attached hydrogen (secondary N) is 3. The minimum atomic E-state index is -1.23. The van der Waals surface area contributed by atoms with Crippen molar-refractivity contribution in [3.8, 4) is 6.07 Å². The maximum atomic E-state index is 14.4. The van der Waals surface area contributed by atoms with Crippen LogP contribution in [0.4, 0.5) is 9.59 Å². The number of rotatable bonds is 17. The first-order valence-corrected chi connectivity index (χ1v) is 19.0. The molecule has 4 rings (SSSR count). The number of amides is 5. The molecule has 0 aliphatic carbocycles. The number of hydrogen-bond donors (Lipinski definition) is 4. The molecular weight excluding hydrogens is 713 g/mol. The van der Waals surface area contributed by atoms with E-state index >= 15 is 0 Å². The van der Waals surface area contributed by atoms with E-state index in [0.29, 0.717) is 31.6 Å². The molecule has 5 atom stereocenters. The number of aryl methyl sites for hydroxylation is 1. The quantitative estimate of drug-likeness (QED) is 0.146. The van der Waals surface area contributed by atoms with Crippen LogP contribution in [0.25, 0.3) is 0 Å². The van der Waals surface area contributed by atoms with E-state index in [2.05, 4.69) is 27.1 Å². The fourth-order valence-electron chi connectivity index (χ4n) is 6.72. The molecule has 56 heavy (non-hydrogen) atoms. The summed E-state index contributed by atoms with van der Waals surface area (Å²) in [5.41, 5.74) is 5.86. The van der Waals surface area contributed by atoms with E-state index in [1.54, 1.807) is 54.8 Å². The maximum absolute atomic E-state index is 14.4. The molecular formula is C42H56N8O6. The van der Waals surface area contributed by atoms with E-state index in [0.717, 1.165) is 22.5 Å². The van der Waals surface area contributed by atoms with E-state index < -0.39 is 41.6 Å². The minimum absolute atomic E-state index is 0.124. The van der Waals surface area contributed by atoms with Gasteiger partial charge in [-0.3, -0.25) is 20.0 Å². The van der Waals surface area contributed by atoms with Crippen LogP contribution in [0.2, 0.25) is 0 Å². The van der Waals surface area contributed by atoms with Gasteiger partial charge >= 0.3 is 12.1 Å². The molecule has 300 valence electrons. The van der Waals surface area contributed by atoms with Gasteiger partial charge in [-0.15, -0.1) is 0 Å². The van der Waals surface area contributed by atoms with Crippen LogP contribution in [0.15, 0.2) is 72.8 Å². The maximum Gasteiger partial charge on any atom is 0.407 e. The monoisotopic (exact) mass is 768 g/mol. The highest BCUT2D eigenvalue weighted by atomic mass is 16.5. The molecule has 14 nitrogen and oxygen atoms in total. The number of aliphatic hydroxyl groups is 1. The van der Waals surface area contributed by atoms with Crippen molar-refractivity contribution >= 4 is 23.9 Å². The molecule has 5 unspecified atom stereocenters. The largest absolute Gasteiger partial charge is 0.453 e. The molecule has 2 heterocycles. The summed E-state index contributed by atoms with van der Waals surface area (Å²) in [6.45, 7) is 12.3. The van der Waals surface area contributed by atoms with E-state index in [1.165, 1.54) is 12.1 Å². The fraction of sp³-hybridized carbons (Fsp3) is 0.476. The van der Waals surface area contributed by atoms with Gasteiger partial charge in [0.2, 0.25) is 5.91 Å². The number of nitrogens with zero attached hydrogens (tertiary/aromatic N) is 5. The number of hydrogen-bond acceptors (Lipinski definition) is 9. The Morgan fingerprint density at radius 3 is 2.29 bits per heavy atom. The molecule has 14 heteroatoms. The van der Waals surface area contributed by atoms with Crippen molar-refractivity contribution in [2.45, 2.75) is 91.7 Å². The third kappa shape index (κ3) is 12.0. The van der Waals surface area contributed by atoms with Crippen LogP contribution < -0.4 is 16.1 Å². The summed E-state index contributed by atoms with van der Waals surface area (Å²) in [6.07, 6.45) is -1.11. The predicted octanol–water partition coefficient (Wildman–Crippen LogP) is 4.31. The molecule has 0 saturated carbocycles. The Labute approximate surface area is 330 Å². The lowest BCUT2D eigenvalue weighted by Crippen LogP contribution is -2.60. The van der Waals surface area contributed by atoms with Crippen molar-refractivity contribution < 1.29 is 29.0 Å². The number of hydrazine groups is 1.